The van der Waals surface area contributed by atoms with Gasteiger partial charge in [-0.25, -0.2) is 18.6 Å². The number of thiazole rings is 1. The van der Waals surface area contributed by atoms with Crippen molar-refractivity contribution < 1.29 is 23.5 Å². The zero-order valence-corrected chi connectivity index (χ0v) is 15.7. The van der Waals surface area contributed by atoms with E-state index in [1.165, 1.54) is 11.3 Å². The second kappa shape index (κ2) is 8.45. The summed E-state index contributed by atoms with van der Waals surface area (Å²) in [6, 6.07) is 8.25. The maximum absolute atomic E-state index is 13.4. The Hall–Kier alpha value is -2.84. The fourth-order valence-corrected chi connectivity index (χ4v) is 3.51. The topological polar surface area (TPSA) is 79.3 Å². The molecule has 0 saturated heterocycles. The van der Waals surface area contributed by atoms with Crippen molar-refractivity contribution >= 4 is 34.8 Å². The monoisotopic (exact) mass is 422 g/mol. The number of hydrogen-bond acceptors (Lipinski definition) is 4. The lowest BCUT2D eigenvalue weighted by atomic mass is 10.1. The van der Waals surface area contributed by atoms with Gasteiger partial charge in [0.05, 0.1) is 12.1 Å². The lowest BCUT2D eigenvalue weighted by Gasteiger charge is -2.14. The predicted molar refractivity (Wildman–Crippen MR) is 101 cm³/mol. The van der Waals surface area contributed by atoms with Gasteiger partial charge in [0.2, 0.25) is 5.91 Å². The molecule has 5 nitrogen and oxygen atoms in total. The molecule has 9 heteroatoms. The van der Waals surface area contributed by atoms with E-state index in [0.717, 1.165) is 23.8 Å². The van der Waals surface area contributed by atoms with Gasteiger partial charge in [0.25, 0.3) is 0 Å². The van der Waals surface area contributed by atoms with Gasteiger partial charge in [-0.05, 0) is 29.8 Å². The molecule has 1 atom stereocenters. The number of benzene rings is 2. The highest BCUT2D eigenvalue weighted by molar-refractivity contribution is 7.13. The first kappa shape index (κ1) is 19.9. The number of hydrogen-bond donors (Lipinski definition) is 2. The molecule has 0 saturated carbocycles. The van der Waals surface area contributed by atoms with Gasteiger partial charge in [0, 0.05) is 16.0 Å². The Kier molecular flexibility index (Phi) is 6.01. The summed E-state index contributed by atoms with van der Waals surface area (Å²) in [5, 5.41) is 14.5. The minimum absolute atomic E-state index is 0.0716. The van der Waals surface area contributed by atoms with Crippen LogP contribution in [0, 0.1) is 11.6 Å². The van der Waals surface area contributed by atoms with E-state index in [0.29, 0.717) is 15.7 Å². The molecule has 28 heavy (non-hydrogen) atoms. The fourth-order valence-electron chi connectivity index (χ4n) is 2.50. The number of rotatable bonds is 6. The summed E-state index contributed by atoms with van der Waals surface area (Å²) in [6.45, 7) is 0. The van der Waals surface area contributed by atoms with Crippen LogP contribution >= 0.6 is 22.9 Å². The van der Waals surface area contributed by atoms with E-state index in [-0.39, 0.29) is 12.0 Å². The second-order valence-corrected chi connectivity index (χ2v) is 7.14. The third-order valence-corrected chi connectivity index (χ3v) is 4.97. The summed E-state index contributed by atoms with van der Waals surface area (Å²) < 4.78 is 26.4. The zero-order valence-electron chi connectivity index (χ0n) is 14.2. The first-order chi connectivity index (χ1) is 13.3. The molecule has 0 radical (unpaired) electrons. The molecule has 3 aromatic rings. The molecule has 2 aromatic carbocycles. The Morgan fingerprint density at radius 3 is 2.64 bits per heavy atom. The summed E-state index contributed by atoms with van der Waals surface area (Å²) in [5.74, 6) is -4.30. The maximum Gasteiger partial charge on any atom is 0.330 e. The van der Waals surface area contributed by atoms with Crippen LogP contribution in [0.15, 0.2) is 47.8 Å². The van der Waals surface area contributed by atoms with Crippen molar-refractivity contribution in [2.24, 2.45) is 0 Å². The number of aliphatic carboxylic acids is 1. The molecule has 1 amide bonds. The minimum Gasteiger partial charge on any atom is -0.479 e. The van der Waals surface area contributed by atoms with E-state index in [1.54, 1.807) is 23.6 Å². The van der Waals surface area contributed by atoms with Crippen molar-refractivity contribution in [2.75, 3.05) is 0 Å². The van der Waals surface area contributed by atoms with E-state index >= 15 is 0 Å². The highest BCUT2D eigenvalue weighted by Crippen LogP contribution is 2.26. The molecule has 144 valence electrons. The van der Waals surface area contributed by atoms with Crippen LogP contribution in [-0.2, 0) is 16.0 Å². The fraction of sp³-hybridized carbons (Fsp3) is 0.105. The number of aromatic nitrogens is 1. The Morgan fingerprint density at radius 2 is 1.96 bits per heavy atom. The van der Waals surface area contributed by atoms with Crippen LogP contribution in [0.1, 0.15) is 17.3 Å². The zero-order chi connectivity index (χ0) is 20.3. The summed E-state index contributed by atoms with van der Waals surface area (Å²) in [6.07, 6.45) is -0.162. The summed E-state index contributed by atoms with van der Waals surface area (Å²) >= 11 is 7.28. The van der Waals surface area contributed by atoms with E-state index in [1.807, 2.05) is 6.07 Å². The standard InChI is InChI=1S/C19H13ClF2N2O3S/c20-12-3-1-2-11(6-12)18-23-13(9-28-18)8-16(25)24-17(19(26)27)10-4-5-14(21)15(22)7-10/h1-7,9,17H,8H2,(H,24,25)(H,26,27). The van der Waals surface area contributed by atoms with Crippen molar-refractivity contribution in [2.45, 2.75) is 12.5 Å². The van der Waals surface area contributed by atoms with Crippen LogP contribution in [0.5, 0.6) is 0 Å². The molecule has 0 aliphatic rings. The van der Waals surface area contributed by atoms with E-state index < -0.39 is 29.6 Å². The molecule has 1 unspecified atom stereocenters. The average Bonchev–Trinajstić information content (AvgIpc) is 3.10. The van der Waals surface area contributed by atoms with Crippen molar-refractivity contribution in [1.82, 2.24) is 10.3 Å². The highest BCUT2D eigenvalue weighted by atomic mass is 35.5. The molecule has 1 heterocycles. The van der Waals surface area contributed by atoms with Gasteiger partial charge in [-0.3, -0.25) is 4.79 Å². The van der Waals surface area contributed by atoms with Gasteiger partial charge in [0.15, 0.2) is 17.7 Å². The van der Waals surface area contributed by atoms with Gasteiger partial charge in [-0.15, -0.1) is 11.3 Å². The Bertz CT molecular complexity index is 1040. The Labute approximate surface area is 167 Å². The quantitative estimate of drug-likeness (QED) is 0.623. The molecule has 3 rings (SSSR count). The number of nitrogens with zero attached hydrogens (tertiary/aromatic N) is 1. The third-order valence-electron chi connectivity index (χ3n) is 3.79. The molecule has 2 N–H and O–H groups in total. The molecule has 0 aliphatic heterocycles. The average molecular weight is 423 g/mol. The van der Waals surface area contributed by atoms with Crippen LogP contribution in [-0.4, -0.2) is 22.0 Å². The summed E-state index contributed by atoms with van der Waals surface area (Å²) in [4.78, 5) is 28.1. The first-order valence-corrected chi connectivity index (χ1v) is 9.26. The largest absolute Gasteiger partial charge is 0.479 e. The number of carboxylic acid groups (broad SMARTS) is 1. The Balaban J connectivity index is 1.71. The summed E-state index contributed by atoms with van der Waals surface area (Å²) in [5.41, 5.74) is 1.18. The Morgan fingerprint density at radius 1 is 1.18 bits per heavy atom. The van der Waals surface area contributed by atoms with Gasteiger partial charge in [0.1, 0.15) is 5.01 Å². The number of carboxylic acids is 1. The van der Waals surface area contributed by atoms with Crippen LogP contribution in [0.25, 0.3) is 10.6 Å². The SMILES string of the molecule is O=C(Cc1csc(-c2cccc(Cl)c2)n1)NC(C(=O)O)c1ccc(F)c(F)c1. The van der Waals surface area contributed by atoms with Crippen molar-refractivity contribution in [3.8, 4) is 10.6 Å². The van der Waals surface area contributed by atoms with E-state index in [4.69, 9.17) is 11.6 Å². The number of amides is 1. The van der Waals surface area contributed by atoms with Gasteiger partial charge in [-0.1, -0.05) is 29.8 Å². The van der Waals surface area contributed by atoms with E-state index in [2.05, 4.69) is 10.3 Å². The number of nitrogens with one attached hydrogen (secondary N) is 1. The smallest absolute Gasteiger partial charge is 0.330 e. The van der Waals surface area contributed by atoms with Crippen LogP contribution in [0.2, 0.25) is 5.02 Å². The molecule has 1 aromatic heterocycles. The van der Waals surface area contributed by atoms with Gasteiger partial charge < -0.3 is 10.4 Å². The number of carbonyl (C=O) groups is 2. The molecule has 0 spiro atoms. The highest BCUT2D eigenvalue weighted by Gasteiger charge is 2.23. The van der Waals surface area contributed by atoms with Gasteiger partial charge in [-0.2, -0.15) is 0 Å². The summed E-state index contributed by atoms with van der Waals surface area (Å²) in [7, 11) is 0. The molecule has 0 aliphatic carbocycles. The lowest BCUT2D eigenvalue weighted by molar-refractivity contribution is -0.142. The van der Waals surface area contributed by atoms with Crippen LogP contribution in [0.4, 0.5) is 8.78 Å². The van der Waals surface area contributed by atoms with Gasteiger partial charge >= 0.3 is 5.97 Å². The normalized spacial score (nSPS) is 11.8. The van der Waals surface area contributed by atoms with Crippen molar-refractivity contribution in [3.05, 3.63) is 75.8 Å². The van der Waals surface area contributed by atoms with Crippen molar-refractivity contribution in [1.29, 1.82) is 0 Å². The van der Waals surface area contributed by atoms with Crippen LogP contribution in [0.3, 0.4) is 0 Å². The van der Waals surface area contributed by atoms with Crippen molar-refractivity contribution in [3.63, 3.8) is 0 Å². The predicted octanol–water partition coefficient (Wildman–Crippen LogP) is 4.23. The molecular weight excluding hydrogens is 410 g/mol. The minimum atomic E-state index is -1.51. The van der Waals surface area contributed by atoms with E-state index in [9.17, 15) is 23.5 Å². The van der Waals surface area contributed by atoms with Crippen LogP contribution < -0.4 is 5.32 Å². The first-order valence-electron chi connectivity index (χ1n) is 8.01. The number of halogens is 3. The molecule has 0 fully saturated rings. The molecule has 0 bridgehead atoms. The number of carbonyl (C=O) groups excluding carboxylic acids is 1. The second-order valence-electron chi connectivity index (χ2n) is 5.84. The molecular formula is C19H13ClF2N2O3S. The maximum atomic E-state index is 13.4. The lowest BCUT2D eigenvalue weighted by Crippen LogP contribution is -2.34. The third kappa shape index (κ3) is 4.71.